The van der Waals surface area contributed by atoms with E-state index in [4.69, 9.17) is 0 Å². The van der Waals surface area contributed by atoms with Crippen LogP contribution < -0.4 is 5.32 Å². The topological polar surface area (TPSA) is 30.9 Å². The van der Waals surface area contributed by atoms with Crippen LogP contribution in [-0.2, 0) is 6.54 Å². The van der Waals surface area contributed by atoms with Crippen molar-refractivity contribution in [3.05, 3.63) is 35.6 Å². The minimum Gasteiger partial charge on any atom is -0.356 e. The van der Waals surface area contributed by atoms with Crippen LogP contribution in [0.15, 0.2) is 29.3 Å². The first-order chi connectivity index (χ1) is 13.2. The zero-order valence-corrected chi connectivity index (χ0v) is 16.6. The van der Waals surface area contributed by atoms with Crippen molar-refractivity contribution in [1.29, 1.82) is 0 Å². The van der Waals surface area contributed by atoms with Gasteiger partial charge in [0.15, 0.2) is 5.96 Å². The highest BCUT2D eigenvalue weighted by Gasteiger charge is 2.43. The molecule has 4 rings (SSSR count). The second kappa shape index (κ2) is 8.17. The predicted octanol–water partition coefficient (Wildman–Crippen LogP) is 3.49. The van der Waals surface area contributed by atoms with Crippen molar-refractivity contribution in [3.63, 3.8) is 0 Å². The second-order valence-corrected chi connectivity index (χ2v) is 8.76. The van der Waals surface area contributed by atoms with Crippen LogP contribution in [0.3, 0.4) is 0 Å². The maximum Gasteiger partial charge on any atom is 0.193 e. The molecule has 1 aromatic carbocycles. The number of guanidine groups is 1. The number of benzene rings is 1. The largest absolute Gasteiger partial charge is 0.356 e. The Bertz CT molecular complexity index is 662. The third-order valence-corrected chi connectivity index (χ3v) is 6.97. The number of halogens is 1. The molecule has 0 unspecified atom stereocenters. The van der Waals surface area contributed by atoms with Gasteiger partial charge in [0.2, 0.25) is 0 Å². The summed E-state index contributed by atoms with van der Waals surface area (Å²) in [7, 11) is 1.91. The van der Waals surface area contributed by atoms with E-state index < -0.39 is 0 Å². The fourth-order valence-corrected chi connectivity index (χ4v) is 4.98. The summed E-state index contributed by atoms with van der Waals surface area (Å²) in [5, 5.41) is 3.64. The van der Waals surface area contributed by atoms with Gasteiger partial charge in [-0.15, -0.1) is 0 Å². The molecule has 1 aliphatic carbocycles. The SMILES string of the molecule is CN=C(NCC1CCN(Cc2ccccc2F)CC1)N1CCC2(CCC2)C1. The van der Waals surface area contributed by atoms with Crippen LogP contribution in [0.5, 0.6) is 0 Å². The van der Waals surface area contributed by atoms with Gasteiger partial charge >= 0.3 is 0 Å². The molecule has 2 saturated heterocycles. The molecule has 1 N–H and O–H groups in total. The average molecular weight is 373 g/mol. The molecule has 2 aliphatic heterocycles. The van der Waals surface area contributed by atoms with E-state index in [1.165, 1.54) is 45.1 Å². The van der Waals surface area contributed by atoms with E-state index in [0.29, 0.717) is 11.3 Å². The van der Waals surface area contributed by atoms with E-state index in [-0.39, 0.29) is 5.82 Å². The van der Waals surface area contributed by atoms with Gasteiger partial charge in [0, 0.05) is 38.8 Å². The first kappa shape index (κ1) is 18.7. The van der Waals surface area contributed by atoms with Crippen molar-refractivity contribution in [2.24, 2.45) is 16.3 Å². The Labute approximate surface area is 162 Å². The normalized spacial score (nSPS) is 23.6. The maximum absolute atomic E-state index is 13.8. The van der Waals surface area contributed by atoms with Crippen LogP contribution in [0.2, 0.25) is 0 Å². The molecule has 27 heavy (non-hydrogen) atoms. The third kappa shape index (κ3) is 4.29. The van der Waals surface area contributed by atoms with E-state index in [2.05, 4.69) is 20.1 Å². The summed E-state index contributed by atoms with van der Waals surface area (Å²) in [6, 6.07) is 7.14. The highest BCUT2D eigenvalue weighted by atomic mass is 19.1. The van der Waals surface area contributed by atoms with Crippen molar-refractivity contribution >= 4 is 5.96 Å². The van der Waals surface area contributed by atoms with Crippen molar-refractivity contribution < 1.29 is 4.39 Å². The minimum absolute atomic E-state index is 0.0834. The molecule has 1 spiro atoms. The van der Waals surface area contributed by atoms with Gasteiger partial charge in [0.25, 0.3) is 0 Å². The summed E-state index contributed by atoms with van der Waals surface area (Å²) in [5.74, 6) is 1.69. The number of hydrogen-bond acceptors (Lipinski definition) is 2. The minimum atomic E-state index is -0.0834. The number of piperidine rings is 1. The molecule has 5 heteroatoms. The molecular formula is C22H33FN4. The van der Waals surface area contributed by atoms with Gasteiger partial charge in [-0.3, -0.25) is 9.89 Å². The predicted molar refractivity (Wildman–Crippen MR) is 108 cm³/mol. The lowest BCUT2D eigenvalue weighted by molar-refractivity contribution is 0.151. The van der Waals surface area contributed by atoms with E-state index in [1.54, 1.807) is 12.1 Å². The number of hydrogen-bond donors (Lipinski definition) is 1. The Morgan fingerprint density at radius 1 is 1.19 bits per heavy atom. The monoisotopic (exact) mass is 372 g/mol. The smallest absolute Gasteiger partial charge is 0.193 e. The molecule has 0 bridgehead atoms. The van der Waals surface area contributed by atoms with Crippen molar-refractivity contribution in [2.75, 3.05) is 39.8 Å². The molecule has 148 valence electrons. The number of nitrogens with zero attached hydrogens (tertiary/aromatic N) is 3. The lowest BCUT2D eigenvalue weighted by Gasteiger charge is -2.38. The first-order valence-corrected chi connectivity index (χ1v) is 10.6. The zero-order chi connectivity index (χ0) is 18.7. The Balaban J connectivity index is 1.20. The quantitative estimate of drug-likeness (QED) is 0.648. The number of aliphatic imine (C=N–C) groups is 1. The van der Waals surface area contributed by atoms with Crippen molar-refractivity contribution in [2.45, 2.75) is 45.1 Å². The van der Waals surface area contributed by atoms with Crippen LogP contribution in [0.25, 0.3) is 0 Å². The summed E-state index contributed by atoms with van der Waals surface area (Å²) < 4.78 is 13.8. The number of nitrogens with one attached hydrogen (secondary N) is 1. The summed E-state index contributed by atoms with van der Waals surface area (Å²) in [6.07, 6.45) is 7.89. The summed E-state index contributed by atoms with van der Waals surface area (Å²) in [6.45, 7) is 6.17. The van der Waals surface area contributed by atoms with E-state index in [9.17, 15) is 4.39 Å². The lowest BCUT2D eigenvalue weighted by Crippen LogP contribution is -2.45. The number of rotatable bonds is 4. The molecule has 0 atom stereocenters. The fraction of sp³-hybridized carbons (Fsp3) is 0.682. The second-order valence-electron chi connectivity index (χ2n) is 8.76. The third-order valence-electron chi connectivity index (χ3n) is 6.97. The zero-order valence-electron chi connectivity index (χ0n) is 16.6. The molecule has 4 nitrogen and oxygen atoms in total. The van der Waals surface area contributed by atoms with Crippen molar-refractivity contribution in [1.82, 2.24) is 15.1 Å². The molecule has 0 aromatic heterocycles. The van der Waals surface area contributed by atoms with E-state index in [0.717, 1.165) is 44.2 Å². The van der Waals surface area contributed by atoms with Gasteiger partial charge in [-0.05, 0) is 62.6 Å². The lowest BCUT2D eigenvalue weighted by atomic mass is 9.68. The number of likely N-dealkylation sites (tertiary alicyclic amines) is 2. The van der Waals surface area contributed by atoms with Gasteiger partial charge in [0.05, 0.1) is 0 Å². The Morgan fingerprint density at radius 2 is 1.96 bits per heavy atom. The molecule has 1 saturated carbocycles. The molecular weight excluding hydrogens is 339 g/mol. The van der Waals surface area contributed by atoms with Crippen LogP contribution in [0.4, 0.5) is 4.39 Å². The molecule has 0 amide bonds. The van der Waals surface area contributed by atoms with E-state index >= 15 is 0 Å². The molecule has 0 radical (unpaired) electrons. The van der Waals surface area contributed by atoms with Gasteiger partial charge in [-0.2, -0.15) is 0 Å². The molecule has 2 heterocycles. The highest BCUT2D eigenvalue weighted by molar-refractivity contribution is 5.80. The molecule has 1 aromatic rings. The van der Waals surface area contributed by atoms with Gasteiger partial charge in [0.1, 0.15) is 5.82 Å². The molecule has 3 fully saturated rings. The summed E-state index contributed by atoms with van der Waals surface area (Å²) >= 11 is 0. The standard InChI is InChI=1S/C22H33FN4/c1-24-21(27-14-11-22(17-27)9-4-10-22)25-15-18-7-12-26(13-8-18)16-19-5-2-3-6-20(19)23/h2-3,5-6,18H,4,7-17H2,1H3,(H,24,25). The Hall–Kier alpha value is -1.62. The molecule has 3 aliphatic rings. The van der Waals surface area contributed by atoms with Crippen molar-refractivity contribution in [3.8, 4) is 0 Å². The van der Waals surface area contributed by atoms with E-state index in [1.807, 2.05) is 19.2 Å². The highest BCUT2D eigenvalue weighted by Crippen LogP contribution is 2.47. The average Bonchev–Trinajstić information content (AvgIpc) is 3.12. The Morgan fingerprint density at radius 3 is 2.59 bits per heavy atom. The van der Waals surface area contributed by atoms with Gasteiger partial charge < -0.3 is 10.2 Å². The first-order valence-electron chi connectivity index (χ1n) is 10.6. The fourth-order valence-electron chi connectivity index (χ4n) is 4.98. The van der Waals surface area contributed by atoms with Crippen LogP contribution in [0, 0.1) is 17.2 Å². The summed E-state index contributed by atoms with van der Waals surface area (Å²) in [4.78, 5) is 9.38. The Kier molecular flexibility index (Phi) is 5.67. The van der Waals surface area contributed by atoms with Gasteiger partial charge in [-0.1, -0.05) is 24.6 Å². The van der Waals surface area contributed by atoms with Gasteiger partial charge in [-0.25, -0.2) is 4.39 Å². The maximum atomic E-state index is 13.8. The van der Waals surface area contributed by atoms with Crippen LogP contribution >= 0.6 is 0 Å². The summed E-state index contributed by atoms with van der Waals surface area (Å²) in [5.41, 5.74) is 1.42. The van der Waals surface area contributed by atoms with Crippen LogP contribution in [-0.4, -0.2) is 55.5 Å². The van der Waals surface area contributed by atoms with Crippen LogP contribution in [0.1, 0.15) is 44.1 Å².